The first-order chi connectivity index (χ1) is 6.06. The van der Waals surface area contributed by atoms with Crippen molar-refractivity contribution in [3.63, 3.8) is 0 Å². The van der Waals surface area contributed by atoms with E-state index in [2.05, 4.69) is 39.2 Å². The summed E-state index contributed by atoms with van der Waals surface area (Å²) in [6.45, 7) is -1.29. The summed E-state index contributed by atoms with van der Waals surface area (Å²) in [5, 5.41) is 5.82. The van der Waals surface area contributed by atoms with Gasteiger partial charge in [-0.05, 0) is 11.8 Å². The van der Waals surface area contributed by atoms with E-state index in [1.165, 1.54) is 5.49 Å². The lowest BCUT2D eigenvalue weighted by Crippen LogP contribution is -2.28. The molecular weight excluding hydrogens is 231 g/mol. The quantitative estimate of drug-likeness (QED) is 0.257. The third-order valence-electron chi connectivity index (χ3n) is 1.07. The van der Waals surface area contributed by atoms with Crippen molar-refractivity contribution in [3.05, 3.63) is 0 Å². The first kappa shape index (κ1) is 13.4. The van der Waals surface area contributed by atoms with E-state index >= 15 is 0 Å². The van der Waals surface area contributed by atoms with Gasteiger partial charge in [0.1, 0.15) is 0 Å². The Morgan fingerprint density at radius 1 is 1.31 bits per heavy atom. The lowest BCUT2D eigenvalue weighted by molar-refractivity contribution is 0.251. The summed E-state index contributed by atoms with van der Waals surface area (Å²) in [6, 6.07) is 0. The molecule has 0 aromatic heterocycles. The highest BCUT2D eigenvalue weighted by atomic mass is 32.5. The van der Waals surface area contributed by atoms with Crippen LogP contribution in [-0.2, 0) is 16.3 Å². The van der Waals surface area contributed by atoms with Gasteiger partial charge in [-0.3, -0.25) is 0 Å². The molecule has 8 heteroatoms. The minimum absolute atomic E-state index is 0.196. The van der Waals surface area contributed by atoms with Gasteiger partial charge in [-0.25, -0.2) is 0 Å². The average Bonchev–Trinajstić information content (AvgIpc) is 2.01. The molecule has 0 fully saturated rings. The average molecular weight is 244 g/mol. The molecule has 0 aliphatic carbocycles. The summed E-state index contributed by atoms with van der Waals surface area (Å²) in [7, 11) is 0. The molecule has 0 saturated heterocycles. The lowest BCUT2D eigenvalue weighted by atomic mass is 10.6. The van der Waals surface area contributed by atoms with Crippen LogP contribution in [0.1, 0.15) is 0 Å². The van der Waals surface area contributed by atoms with Gasteiger partial charge in [-0.1, -0.05) is 12.2 Å². The van der Waals surface area contributed by atoms with Gasteiger partial charge in [-0.2, -0.15) is 0 Å². The molecule has 0 atom stereocenters. The first-order valence-corrected chi connectivity index (χ1v) is 6.74. The van der Waals surface area contributed by atoms with Crippen LogP contribution in [0.3, 0.4) is 0 Å². The van der Waals surface area contributed by atoms with Gasteiger partial charge in [-0.15, -0.1) is 0 Å². The van der Waals surface area contributed by atoms with Crippen molar-refractivity contribution < 1.29 is 14.3 Å². The fourth-order valence-electron chi connectivity index (χ4n) is 0.581. The molecule has 0 aliphatic heterocycles. The van der Waals surface area contributed by atoms with Crippen molar-refractivity contribution in [2.24, 2.45) is 0 Å². The van der Waals surface area contributed by atoms with E-state index in [-0.39, 0.29) is 6.61 Å². The maximum absolute atomic E-state index is 8.66. The Balaban J connectivity index is 3.08. The van der Waals surface area contributed by atoms with Crippen LogP contribution in [0.25, 0.3) is 0 Å². The Hall–Kier alpha value is 0.380. The van der Waals surface area contributed by atoms with Crippen LogP contribution in [0.4, 0.5) is 0 Å². The van der Waals surface area contributed by atoms with Crippen LogP contribution < -0.4 is 10.6 Å². The van der Waals surface area contributed by atoms with E-state index in [1.807, 2.05) is 0 Å². The molecule has 0 aromatic rings. The standard InChI is InChI=1S/C5H13N2O3PS2/c8-11(9,13)10-4-3-6-1-2-7-5-12/h5-6H,1-4H2,(H,7,12)(H2,8,9,13). The summed E-state index contributed by atoms with van der Waals surface area (Å²) in [5.41, 5.74) is 1.44. The molecule has 0 heterocycles. The predicted molar refractivity (Wildman–Crippen MR) is 59.2 cm³/mol. The highest BCUT2D eigenvalue weighted by Gasteiger charge is 2.05. The fraction of sp³-hybridized carbons (Fsp3) is 0.800. The van der Waals surface area contributed by atoms with Crippen LogP contribution >= 0.6 is 18.9 Å². The highest BCUT2D eigenvalue weighted by Crippen LogP contribution is 2.35. The zero-order chi connectivity index (χ0) is 10.2. The van der Waals surface area contributed by atoms with E-state index in [4.69, 9.17) is 9.79 Å². The van der Waals surface area contributed by atoms with E-state index in [9.17, 15) is 0 Å². The summed E-state index contributed by atoms with van der Waals surface area (Å²) < 4.78 is 4.56. The molecule has 0 rings (SSSR count). The van der Waals surface area contributed by atoms with E-state index < -0.39 is 6.72 Å². The van der Waals surface area contributed by atoms with Gasteiger partial charge in [0.25, 0.3) is 0 Å². The Morgan fingerprint density at radius 2 is 2.00 bits per heavy atom. The van der Waals surface area contributed by atoms with Crippen molar-refractivity contribution in [2.75, 3.05) is 26.2 Å². The second-order valence-electron chi connectivity index (χ2n) is 2.15. The topological polar surface area (TPSA) is 73.8 Å². The molecule has 13 heavy (non-hydrogen) atoms. The Labute approximate surface area is 87.7 Å². The zero-order valence-corrected chi connectivity index (χ0v) is 9.50. The first-order valence-electron chi connectivity index (χ1n) is 3.64. The van der Waals surface area contributed by atoms with Gasteiger partial charge in [0, 0.05) is 19.6 Å². The molecule has 4 N–H and O–H groups in total. The van der Waals surface area contributed by atoms with Gasteiger partial charge >= 0.3 is 6.72 Å². The maximum Gasteiger partial charge on any atom is 0.321 e. The molecule has 5 nitrogen and oxygen atoms in total. The van der Waals surface area contributed by atoms with Crippen molar-refractivity contribution in [1.82, 2.24) is 10.6 Å². The summed E-state index contributed by atoms with van der Waals surface area (Å²) in [6.07, 6.45) is 0. The SMILES string of the molecule is OP(O)(=S)OCCNCCNC=S. The van der Waals surface area contributed by atoms with Gasteiger partial charge in [0.15, 0.2) is 0 Å². The minimum atomic E-state index is -3.47. The van der Waals surface area contributed by atoms with E-state index in [0.29, 0.717) is 6.54 Å². The molecule has 0 unspecified atom stereocenters. The van der Waals surface area contributed by atoms with Crippen molar-refractivity contribution in [3.8, 4) is 0 Å². The molecule has 0 amide bonds. The third kappa shape index (κ3) is 12.4. The smallest absolute Gasteiger partial charge is 0.321 e. The van der Waals surface area contributed by atoms with Crippen LogP contribution in [0.5, 0.6) is 0 Å². The van der Waals surface area contributed by atoms with Gasteiger partial charge in [0.2, 0.25) is 0 Å². The van der Waals surface area contributed by atoms with E-state index in [0.717, 1.165) is 13.1 Å². The van der Waals surface area contributed by atoms with Crippen molar-refractivity contribution >= 4 is 36.2 Å². The lowest BCUT2D eigenvalue weighted by Gasteiger charge is -2.08. The highest BCUT2D eigenvalue weighted by molar-refractivity contribution is 8.06. The zero-order valence-electron chi connectivity index (χ0n) is 6.97. The Morgan fingerprint density at radius 3 is 2.54 bits per heavy atom. The molecule has 0 aromatic carbocycles. The predicted octanol–water partition coefficient (Wildman–Crippen LogP) is -0.651. The normalized spacial score (nSPS) is 11.2. The van der Waals surface area contributed by atoms with Crippen LogP contribution in [0.15, 0.2) is 0 Å². The largest absolute Gasteiger partial charge is 0.381 e. The molecule has 0 spiro atoms. The van der Waals surface area contributed by atoms with Gasteiger partial charge < -0.3 is 24.9 Å². The van der Waals surface area contributed by atoms with Crippen molar-refractivity contribution in [1.29, 1.82) is 0 Å². The van der Waals surface area contributed by atoms with Crippen LogP contribution in [0.2, 0.25) is 0 Å². The number of thiocarbonyl (C=S) groups is 1. The maximum atomic E-state index is 8.66. The fourth-order valence-corrected chi connectivity index (χ4v) is 1.25. The number of hydrogen-bond donors (Lipinski definition) is 4. The van der Waals surface area contributed by atoms with Crippen molar-refractivity contribution in [2.45, 2.75) is 0 Å². The van der Waals surface area contributed by atoms with Crippen LogP contribution in [0, 0.1) is 0 Å². The number of nitrogens with one attached hydrogen (secondary N) is 2. The molecule has 0 aliphatic rings. The number of rotatable bonds is 8. The molecule has 78 valence electrons. The summed E-state index contributed by atoms with van der Waals surface area (Å²) in [4.78, 5) is 17.3. The molecule has 0 bridgehead atoms. The Kier molecular flexibility index (Phi) is 7.98. The molecular formula is C5H13N2O3PS2. The number of hydrogen-bond acceptors (Lipinski definition) is 4. The molecule has 0 radical (unpaired) electrons. The second kappa shape index (κ2) is 7.75. The minimum Gasteiger partial charge on any atom is -0.381 e. The van der Waals surface area contributed by atoms with Gasteiger partial charge in [0.05, 0.1) is 12.1 Å². The second-order valence-corrected chi connectivity index (χ2v) is 5.05. The monoisotopic (exact) mass is 244 g/mol. The van der Waals surface area contributed by atoms with E-state index in [1.54, 1.807) is 0 Å². The Bertz CT molecular complexity index is 187. The van der Waals surface area contributed by atoms with Crippen LogP contribution in [-0.4, -0.2) is 41.5 Å². The summed E-state index contributed by atoms with van der Waals surface area (Å²) in [5.74, 6) is 0. The summed E-state index contributed by atoms with van der Waals surface area (Å²) >= 11 is 8.78. The third-order valence-corrected chi connectivity index (χ3v) is 2.07. The molecule has 0 saturated carbocycles.